The van der Waals surface area contributed by atoms with E-state index in [-0.39, 0.29) is 0 Å². The van der Waals surface area contributed by atoms with Crippen LogP contribution >= 0.6 is 11.6 Å². The highest BCUT2D eigenvalue weighted by atomic mass is 35.5. The summed E-state index contributed by atoms with van der Waals surface area (Å²) in [7, 11) is 0. The summed E-state index contributed by atoms with van der Waals surface area (Å²) in [4.78, 5) is 6.62. The molecule has 0 radical (unpaired) electrons. The fourth-order valence-electron chi connectivity index (χ4n) is 2.09. The van der Waals surface area contributed by atoms with E-state index in [2.05, 4.69) is 16.8 Å². The molecule has 0 saturated carbocycles. The van der Waals surface area contributed by atoms with Crippen LogP contribution in [0.5, 0.6) is 0 Å². The Morgan fingerprint density at radius 1 is 1.53 bits per heavy atom. The normalized spacial score (nSPS) is 26.7. The molecule has 3 nitrogen and oxygen atoms in total. The monoisotopic (exact) mass is 225 g/mol. The van der Waals surface area contributed by atoms with Crippen LogP contribution in [0.2, 0.25) is 5.02 Å². The maximum absolute atomic E-state index is 5.92. The molecule has 2 atom stereocenters. The molecule has 0 bridgehead atoms. The lowest BCUT2D eigenvalue weighted by Crippen LogP contribution is -2.45. The van der Waals surface area contributed by atoms with Gasteiger partial charge in [-0.25, -0.2) is 4.98 Å². The lowest BCUT2D eigenvalue weighted by atomic mass is 9.99. The molecule has 1 fully saturated rings. The highest BCUT2D eigenvalue weighted by Gasteiger charge is 2.23. The van der Waals surface area contributed by atoms with Gasteiger partial charge in [-0.1, -0.05) is 11.6 Å². The van der Waals surface area contributed by atoms with Gasteiger partial charge in [0.1, 0.15) is 5.82 Å². The Hall–Kier alpha value is -0.800. The first kappa shape index (κ1) is 10.7. The molecule has 2 N–H and O–H groups in total. The first-order chi connectivity index (χ1) is 7.16. The average molecular weight is 226 g/mol. The van der Waals surface area contributed by atoms with E-state index in [1.807, 2.05) is 12.1 Å². The van der Waals surface area contributed by atoms with Crippen LogP contribution < -0.4 is 10.6 Å². The van der Waals surface area contributed by atoms with Gasteiger partial charge in [0.05, 0.1) is 5.02 Å². The molecule has 82 valence electrons. The van der Waals surface area contributed by atoms with E-state index < -0.39 is 0 Å². The van der Waals surface area contributed by atoms with Gasteiger partial charge in [0.25, 0.3) is 0 Å². The molecule has 2 unspecified atom stereocenters. The van der Waals surface area contributed by atoms with E-state index in [4.69, 9.17) is 17.3 Å². The molecule has 4 heteroatoms. The lowest BCUT2D eigenvalue weighted by molar-refractivity contribution is 0.427. The van der Waals surface area contributed by atoms with E-state index >= 15 is 0 Å². The summed E-state index contributed by atoms with van der Waals surface area (Å²) >= 11 is 5.81. The number of piperidine rings is 1. The van der Waals surface area contributed by atoms with Crippen molar-refractivity contribution in [2.75, 3.05) is 11.4 Å². The Kier molecular flexibility index (Phi) is 3.12. The number of rotatable bonds is 1. The molecule has 0 aliphatic carbocycles. The van der Waals surface area contributed by atoms with Gasteiger partial charge in [0, 0.05) is 24.8 Å². The highest BCUT2D eigenvalue weighted by Crippen LogP contribution is 2.23. The van der Waals surface area contributed by atoms with Crippen LogP contribution in [0, 0.1) is 0 Å². The van der Waals surface area contributed by atoms with Crippen molar-refractivity contribution < 1.29 is 0 Å². The van der Waals surface area contributed by atoms with Gasteiger partial charge in [-0.05, 0) is 31.9 Å². The van der Waals surface area contributed by atoms with Crippen molar-refractivity contribution in [2.24, 2.45) is 5.73 Å². The van der Waals surface area contributed by atoms with E-state index in [9.17, 15) is 0 Å². The van der Waals surface area contributed by atoms with Crippen LogP contribution in [0.4, 0.5) is 5.82 Å². The molecular formula is C11H16ClN3. The molecular weight excluding hydrogens is 210 g/mol. The van der Waals surface area contributed by atoms with Gasteiger partial charge >= 0.3 is 0 Å². The molecule has 0 aromatic carbocycles. The fraction of sp³-hybridized carbons (Fsp3) is 0.545. The molecule has 1 aromatic rings. The Balaban J connectivity index is 2.13. The number of aromatic nitrogens is 1. The maximum atomic E-state index is 5.92. The summed E-state index contributed by atoms with van der Waals surface area (Å²) in [5.74, 6) is 0.999. The van der Waals surface area contributed by atoms with Crippen LogP contribution in [0.1, 0.15) is 19.8 Å². The highest BCUT2D eigenvalue weighted by molar-refractivity contribution is 6.30. The van der Waals surface area contributed by atoms with Gasteiger partial charge in [-0.15, -0.1) is 0 Å². The van der Waals surface area contributed by atoms with Crippen LogP contribution in [0.15, 0.2) is 18.3 Å². The van der Waals surface area contributed by atoms with Crippen LogP contribution in [-0.4, -0.2) is 23.6 Å². The SMILES string of the molecule is CC1CC(N)CCN1c1ccc(Cl)cn1. The largest absolute Gasteiger partial charge is 0.354 e. The van der Waals surface area contributed by atoms with Gasteiger partial charge in [0.15, 0.2) is 0 Å². The van der Waals surface area contributed by atoms with Gasteiger partial charge in [-0.3, -0.25) is 0 Å². The lowest BCUT2D eigenvalue weighted by Gasteiger charge is -2.37. The molecule has 0 spiro atoms. The topological polar surface area (TPSA) is 42.1 Å². The quantitative estimate of drug-likeness (QED) is 0.796. The summed E-state index contributed by atoms with van der Waals surface area (Å²) < 4.78 is 0. The average Bonchev–Trinajstić information content (AvgIpc) is 2.20. The van der Waals surface area contributed by atoms with Crippen LogP contribution in [0.3, 0.4) is 0 Å². The van der Waals surface area contributed by atoms with Gasteiger partial charge in [0.2, 0.25) is 0 Å². The number of anilines is 1. The second kappa shape index (κ2) is 4.37. The summed E-state index contributed by atoms with van der Waals surface area (Å²) in [6.45, 7) is 3.17. The molecule has 2 heterocycles. The molecule has 0 amide bonds. The zero-order chi connectivity index (χ0) is 10.8. The molecule has 1 aromatic heterocycles. The number of hydrogen-bond donors (Lipinski definition) is 1. The first-order valence-corrected chi connectivity index (χ1v) is 5.68. The fourth-order valence-corrected chi connectivity index (χ4v) is 2.20. The van der Waals surface area contributed by atoms with E-state index in [0.717, 1.165) is 25.2 Å². The van der Waals surface area contributed by atoms with Crippen molar-refractivity contribution >= 4 is 17.4 Å². The number of pyridine rings is 1. The molecule has 1 aliphatic heterocycles. The standard InChI is InChI=1S/C11H16ClN3/c1-8-6-10(13)4-5-15(8)11-3-2-9(12)7-14-11/h2-3,7-8,10H,4-6,13H2,1H3. The van der Waals surface area contributed by atoms with Crippen molar-refractivity contribution in [1.82, 2.24) is 4.98 Å². The maximum Gasteiger partial charge on any atom is 0.128 e. The Morgan fingerprint density at radius 2 is 2.33 bits per heavy atom. The minimum Gasteiger partial charge on any atom is -0.354 e. The second-order valence-electron chi connectivity index (χ2n) is 4.16. The van der Waals surface area contributed by atoms with Crippen molar-refractivity contribution in [1.29, 1.82) is 0 Å². The molecule has 1 saturated heterocycles. The first-order valence-electron chi connectivity index (χ1n) is 5.30. The number of halogens is 1. The number of nitrogens with two attached hydrogens (primary N) is 1. The Bertz CT molecular complexity index is 325. The summed E-state index contributed by atoms with van der Waals surface area (Å²) in [6, 6.07) is 4.65. The second-order valence-corrected chi connectivity index (χ2v) is 4.60. The number of nitrogens with zero attached hydrogens (tertiary/aromatic N) is 2. The van der Waals surface area contributed by atoms with Crippen molar-refractivity contribution in [3.05, 3.63) is 23.4 Å². The molecule has 15 heavy (non-hydrogen) atoms. The zero-order valence-electron chi connectivity index (χ0n) is 8.86. The van der Waals surface area contributed by atoms with Crippen molar-refractivity contribution in [3.8, 4) is 0 Å². The summed E-state index contributed by atoms with van der Waals surface area (Å²) in [5.41, 5.74) is 5.92. The summed E-state index contributed by atoms with van der Waals surface area (Å²) in [5, 5.41) is 0.681. The van der Waals surface area contributed by atoms with E-state index in [1.165, 1.54) is 0 Å². The van der Waals surface area contributed by atoms with E-state index in [0.29, 0.717) is 17.1 Å². The van der Waals surface area contributed by atoms with Crippen LogP contribution in [-0.2, 0) is 0 Å². The van der Waals surface area contributed by atoms with Gasteiger partial charge < -0.3 is 10.6 Å². The molecule has 2 rings (SSSR count). The number of hydrogen-bond acceptors (Lipinski definition) is 3. The van der Waals surface area contributed by atoms with Crippen molar-refractivity contribution in [2.45, 2.75) is 31.8 Å². The third-order valence-corrected chi connectivity index (χ3v) is 3.15. The van der Waals surface area contributed by atoms with Gasteiger partial charge in [-0.2, -0.15) is 0 Å². The third-order valence-electron chi connectivity index (χ3n) is 2.92. The van der Waals surface area contributed by atoms with Crippen molar-refractivity contribution in [3.63, 3.8) is 0 Å². The zero-order valence-corrected chi connectivity index (χ0v) is 9.61. The molecule has 1 aliphatic rings. The summed E-state index contributed by atoms with van der Waals surface area (Å²) in [6.07, 6.45) is 3.76. The predicted octanol–water partition coefficient (Wildman–Crippen LogP) is 2.05. The minimum atomic E-state index is 0.337. The smallest absolute Gasteiger partial charge is 0.128 e. The van der Waals surface area contributed by atoms with Crippen LogP contribution in [0.25, 0.3) is 0 Å². The predicted molar refractivity (Wildman–Crippen MR) is 63.3 cm³/mol. The minimum absolute atomic E-state index is 0.337. The Morgan fingerprint density at radius 3 is 2.93 bits per heavy atom. The van der Waals surface area contributed by atoms with E-state index in [1.54, 1.807) is 6.20 Å². The Labute approximate surface area is 95.2 Å². The third kappa shape index (κ3) is 2.41.